The smallest absolute Gasteiger partial charge is 0.0701 e. The predicted molar refractivity (Wildman–Crippen MR) is 67.9 cm³/mol. The Kier molecular flexibility index (Phi) is 11.2. The van der Waals surface area contributed by atoms with E-state index in [2.05, 4.69) is 31.1 Å². The van der Waals surface area contributed by atoms with Crippen LogP contribution in [0.1, 0.15) is 13.8 Å². The molecule has 0 amide bonds. The molecule has 16 heavy (non-hydrogen) atoms. The van der Waals surface area contributed by atoms with Crippen LogP contribution in [0, 0.1) is 5.92 Å². The minimum atomic E-state index is 0.690. The van der Waals surface area contributed by atoms with Gasteiger partial charge in [-0.3, -0.25) is 0 Å². The number of hydrogen-bond acceptors (Lipinski definition) is 4. The number of nitrogens with one attached hydrogen (secondary N) is 1. The van der Waals surface area contributed by atoms with E-state index in [0.29, 0.717) is 13.2 Å². The highest BCUT2D eigenvalue weighted by atomic mass is 16.5. The summed E-state index contributed by atoms with van der Waals surface area (Å²) in [5.74, 6) is 0.717. The molecule has 0 aliphatic rings. The van der Waals surface area contributed by atoms with Gasteiger partial charge in [-0.2, -0.15) is 0 Å². The fourth-order valence-corrected chi connectivity index (χ4v) is 1.43. The summed E-state index contributed by atoms with van der Waals surface area (Å²) in [6, 6.07) is 0. The molecule has 0 aromatic rings. The zero-order chi connectivity index (χ0) is 12.2. The molecule has 0 rings (SSSR count). The average Bonchev–Trinajstić information content (AvgIpc) is 2.21. The second kappa shape index (κ2) is 11.3. The van der Waals surface area contributed by atoms with Crippen LogP contribution in [0.25, 0.3) is 0 Å². The first-order valence-corrected chi connectivity index (χ1v) is 6.15. The summed E-state index contributed by atoms with van der Waals surface area (Å²) in [5.41, 5.74) is 0. The second-order valence-electron chi connectivity index (χ2n) is 4.48. The summed E-state index contributed by atoms with van der Waals surface area (Å²) in [6.45, 7) is 10.4. The lowest BCUT2D eigenvalue weighted by Crippen LogP contribution is -2.27. The minimum Gasteiger partial charge on any atom is -0.378 e. The van der Waals surface area contributed by atoms with Crippen LogP contribution in [0.15, 0.2) is 0 Å². The van der Waals surface area contributed by atoms with E-state index in [1.807, 2.05) is 7.05 Å². The Morgan fingerprint density at radius 2 is 1.69 bits per heavy atom. The van der Waals surface area contributed by atoms with Gasteiger partial charge in [0.05, 0.1) is 26.4 Å². The highest BCUT2D eigenvalue weighted by molar-refractivity contribution is 4.53. The average molecular weight is 232 g/mol. The van der Waals surface area contributed by atoms with Gasteiger partial charge in [-0.25, -0.2) is 0 Å². The van der Waals surface area contributed by atoms with Gasteiger partial charge in [0.25, 0.3) is 0 Å². The van der Waals surface area contributed by atoms with Gasteiger partial charge < -0.3 is 19.7 Å². The van der Waals surface area contributed by atoms with Gasteiger partial charge >= 0.3 is 0 Å². The van der Waals surface area contributed by atoms with Gasteiger partial charge in [-0.15, -0.1) is 0 Å². The van der Waals surface area contributed by atoms with Crippen molar-refractivity contribution in [1.29, 1.82) is 0 Å². The van der Waals surface area contributed by atoms with E-state index in [1.54, 1.807) is 0 Å². The number of ether oxygens (including phenoxy) is 2. The summed E-state index contributed by atoms with van der Waals surface area (Å²) in [5, 5.41) is 3.03. The summed E-state index contributed by atoms with van der Waals surface area (Å²) in [6.07, 6.45) is 0. The zero-order valence-corrected chi connectivity index (χ0v) is 11.3. The van der Waals surface area contributed by atoms with E-state index in [1.165, 1.54) is 0 Å². The maximum absolute atomic E-state index is 5.48. The number of nitrogens with zero attached hydrogens (tertiary/aromatic N) is 1. The Morgan fingerprint density at radius 3 is 2.25 bits per heavy atom. The van der Waals surface area contributed by atoms with Gasteiger partial charge in [0.15, 0.2) is 0 Å². The van der Waals surface area contributed by atoms with Gasteiger partial charge in [-0.05, 0) is 20.0 Å². The molecule has 0 aliphatic heterocycles. The zero-order valence-electron chi connectivity index (χ0n) is 11.3. The van der Waals surface area contributed by atoms with Crippen LogP contribution in [0.4, 0.5) is 0 Å². The Labute approximate surface area is 100 Å². The molecule has 0 unspecified atom stereocenters. The van der Waals surface area contributed by atoms with Crippen LogP contribution in [0.3, 0.4) is 0 Å². The molecule has 0 saturated carbocycles. The van der Waals surface area contributed by atoms with E-state index in [4.69, 9.17) is 9.47 Å². The van der Waals surface area contributed by atoms with Crippen LogP contribution < -0.4 is 5.32 Å². The van der Waals surface area contributed by atoms with E-state index in [9.17, 15) is 0 Å². The lowest BCUT2D eigenvalue weighted by atomic mass is 10.2. The Hall–Kier alpha value is -0.160. The summed E-state index contributed by atoms with van der Waals surface area (Å²) in [7, 11) is 4.05. The van der Waals surface area contributed by atoms with Crippen LogP contribution >= 0.6 is 0 Å². The highest BCUT2D eigenvalue weighted by Gasteiger charge is 2.00. The standard InChI is InChI=1S/C12H28N2O2/c1-12(2)11-14(4)6-8-16-10-9-15-7-5-13-3/h12-13H,5-11H2,1-4H3. The number of likely N-dealkylation sites (N-methyl/N-ethyl adjacent to an activating group) is 2. The predicted octanol–water partition coefficient (Wildman–Crippen LogP) is 0.827. The van der Waals surface area contributed by atoms with E-state index < -0.39 is 0 Å². The summed E-state index contributed by atoms with van der Waals surface area (Å²) >= 11 is 0. The van der Waals surface area contributed by atoms with E-state index in [-0.39, 0.29) is 0 Å². The van der Waals surface area contributed by atoms with Gasteiger partial charge in [0, 0.05) is 19.6 Å². The van der Waals surface area contributed by atoms with Crippen molar-refractivity contribution in [2.75, 3.05) is 60.2 Å². The van der Waals surface area contributed by atoms with Gasteiger partial charge in [-0.1, -0.05) is 13.8 Å². The fourth-order valence-electron chi connectivity index (χ4n) is 1.43. The molecule has 0 bridgehead atoms. The third kappa shape index (κ3) is 11.9. The van der Waals surface area contributed by atoms with Crippen molar-refractivity contribution >= 4 is 0 Å². The maximum Gasteiger partial charge on any atom is 0.0701 e. The molecule has 0 fully saturated rings. The van der Waals surface area contributed by atoms with Crippen molar-refractivity contribution in [2.45, 2.75) is 13.8 Å². The summed E-state index contributed by atoms with van der Waals surface area (Å²) in [4.78, 5) is 2.30. The monoisotopic (exact) mass is 232 g/mol. The quantitative estimate of drug-likeness (QED) is 0.535. The Bertz CT molecular complexity index is 143. The molecule has 4 nitrogen and oxygen atoms in total. The molecule has 0 radical (unpaired) electrons. The van der Waals surface area contributed by atoms with E-state index in [0.717, 1.165) is 38.8 Å². The van der Waals surface area contributed by atoms with Crippen molar-refractivity contribution in [1.82, 2.24) is 10.2 Å². The minimum absolute atomic E-state index is 0.690. The van der Waals surface area contributed by atoms with Gasteiger partial charge in [0.2, 0.25) is 0 Å². The van der Waals surface area contributed by atoms with Crippen LogP contribution in [0.5, 0.6) is 0 Å². The fraction of sp³-hybridized carbons (Fsp3) is 1.00. The molecule has 0 atom stereocenters. The molecular weight excluding hydrogens is 204 g/mol. The molecule has 0 saturated heterocycles. The third-order valence-electron chi connectivity index (χ3n) is 2.16. The van der Waals surface area contributed by atoms with Crippen molar-refractivity contribution in [3.63, 3.8) is 0 Å². The second-order valence-corrected chi connectivity index (χ2v) is 4.48. The summed E-state index contributed by atoms with van der Waals surface area (Å²) < 4.78 is 10.8. The normalized spacial score (nSPS) is 11.6. The molecule has 0 aromatic carbocycles. The number of rotatable bonds is 11. The molecule has 0 aliphatic carbocycles. The van der Waals surface area contributed by atoms with Crippen LogP contribution in [-0.2, 0) is 9.47 Å². The first-order valence-electron chi connectivity index (χ1n) is 6.15. The number of hydrogen-bond donors (Lipinski definition) is 1. The largest absolute Gasteiger partial charge is 0.378 e. The topological polar surface area (TPSA) is 33.7 Å². The molecule has 0 heterocycles. The van der Waals surface area contributed by atoms with E-state index >= 15 is 0 Å². The Balaban J connectivity index is 3.08. The van der Waals surface area contributed by atoms with Crippen molar-refractivity contribution in [2.24, 2.45) is 5.92 Å². The van der Waals surface area contributed by atoms with Crippen molar-refractivity contribution < 1.29 is 9.47 Å². The maximum atomic E-state index is 5.48. The van der Waals surface area contributed by atoms with Crippen molar-refractivity contribution in [3.8, 4) is 0 Å². The molecule has 0 spiro atoms. The lowest BCUT2D eigenvalue weighted by Gasteiger charge is -2.18. The molecule has 4 heteroatoms. The van der Waals surface area contributed by atoms with Crippen molar-refractivity contribution in [3.05, 3.63) is 0 Å². The SMILES string of the molecule is CNCCOCCOCCN(C)CC(C)C. The third-order valence-corrected chi connectivity index (χ3v) is 2.16. The molecule has 0 aromatic heterocycles. The molecule has 1 N–H and O–H groups in total. The highest BCUT2D eigenvalue weighted by Crippen LogP contribution is 1.94. The first kappa shape index (κ1) is 15.8. The molecule has 98 valence electrons. The molecular formula is C12H28N2O2. The van der Waals surface area contributed by atoms with Crippen LogP contribution in [-0.4, -0.2) is 65.1 Å². The lowest BCUT2D eigenvalue weighted by molar-refractivity contribution is 0.0414. The van der Waals surface area contributed by atoms with Gasteiger partial charge in [0.1, 0.15) is 0 Å². The van der Waals surface area contributed by atoms with Crippen LogP contribution in [0.2, 0.25) is 0 Å². The first-order chi connectivity index (χ1) is 7.66. The Morgan fingerprint density at radius 1 is 1.06 bits per heavy atom.